The third-order valence-electron chi connectivity index (χ3n) is 5.22. The Kier molecular flexibility index (Phi) is 7.19. The van der Waals surface area contributed by atoms with Crippen molar-refractivity contribution in [2.75, 3.05) is 11.4 Å². The lowest BCUT2D eigenvalue weighted by atomic mass is 10.0. The lowest BCUT2D eigenvalue weighted by Gasteiger charge is -2.28. The summed E-state index contributed by atoms with van der Waals surface area (Å²) in [5.41, 5.74) is 4.42. The number of amides is 1. The summed E-state index contributed by atoms with van der Waals surface area (Å²) in [6.45, 7) is 5.65. The number of nitrogens with zero attached hydrogens (tertiary/aromatic N) is 1. The summed E-state index contributed by atoms with van der Waals surface area (Å²) in [5.74, 6) is -1.16. The normalized spacial score (nSPS) is 11.6. The second kappa shape index (κ2) is 10.0. The molecule has 0 saturated carbocycles. The van der Waals surface area contributed by atoms with Crippen molar-refractivity contribution in [1.82, 2.24) is 0 Å². The van der Waals surface area contributed by atoms with Gasteiger partial charge in [-0.25, -0.2) is 4.39 Å². The molecule has 1 amide bonds. The highest BCUT2D eigenvalue weighted by molar-refractivity contribution is 5.98. The summed E-state index contributed by atoms with van der Waals surface area (Å²) in [7, 11) is 0. The number of rotatable bonds is 7. The van der Waals surface area contributed by atoms with Gasteiger partial charge in [-0.2, -0.15) is 0 Å². The molecule has 0 aliphatic heterocycles. The number of hydrogen-bond donors (Lipinski definition) is 0. The molecule has 0 bridgehead atoms. The zero-order chi connectivity index (χ0) is 22.4. The van der Waals surface area contributed by atoms with Crippen molar-refractivity contribution in [1.29, 1.82) is 0 Å². The van der Waals surface area contributed by atoms with Crippen LogP contribution < -0.4 is 4.90 Å². The molecule has 4 nitrogen and oxygen atoms in total. The molecule has 1 unspecified atom stereocenters. The van der Waals surface area contributed by atoms with E-state index in [0.29, 0.717) is 18.5 Å². The monoisotopic (exact) mass is 419 g/mol. The zero-order valence-electron chi connectivity index (χ0n) is 18.0. The molecule has 31 heavy (non-hydrogen) atoms. The Hall–Kier alpha value is -3.47. The molecule has 3 aromatic carbocycles. The third kappa shape index (κ3) is 5.79. The maximum Gasteiger partial charge on any atom is 0.303 e. The molecule has 160 valence electrons. The molecular formula is C26H26FNO3. The fraction of sp³-hybridized carbons (Fsp3) is 0.231. The summed E-state index contributed by atoms with van der Waals surface area (Å²) in [6, 6.07) is 21.0. The van der Waals surface area contributed by atoms with Gasteiger partial charge in [-0.15, -0.1) is 0 Å². The Balaban J connectivity index is 1.95. The van der Waals surface area contributed by atoms with E-state index in [-0.39, 0.29) is 11.7 Å². The van der Waals surface area contributed by atoms with Crippen molar-refractivity contribution in [3.8, 4) is 0 Å². The first-order chi connectivity index (χ1) is 14.8. The van der Waals surface area contributed by atoms with Gasteiger partial charge in [0.15, 0.2) is 0 Å². The minimum atomic E-state index is -1.05. The zero-order valence-corrected chi connectivity index (χ0v) is 18.0. The topological polar surface area (TPSA) is 46.6 Å². The van der Waals surface area contributed by atoms with E-state index in [1.165, 1.54) is 19.1 Å². The number of carbonyl (C=O) groups is 2. The average Bonchev–Trinajstić information content (AvgIpc) is 2.76. The number of esters is 1. The Labute approximate surface area is 182 Å². The molecule has 0 N–H and O–H groups in total. The third-order valence-corrected chi connectivity index (χ3v) is 5.22. The summed E-state index contributed by atoms with van der Waals surface area (Å²) >= 11 is 0. The predicted molar refractivity (Wildman–Crippen MR) is 119 cm³/mol. The van der Waals surface area contributed by atoms with Gasteiger partial charge in [0, 0.05) is 24.7 Å². The molecule has 0 aliphatic rings. The van der Waals surface area contributed by atoms with Crippen LogP contribution in [0.4, 0.5) is 10.1 Å². The smallest absolute Gasteiger partial charge is 0.303 e. The van der Waals surface area contributed by atoms with Crippen molar-refractivity contribution in [3.05, 3.63) is 101 Å². The van der Waals surface area contributed by atoms with Gasteiger partial charge in [-0.05, 0) is 61.2 Å². The van der Waals surface area contributed by atoms with Crippen LogP contribution in [0.1, 0.15) is 35.3 Å². The molecule has 3 rings (SSSR count). The fourth-order valence-corrected chi connectivity index (χ4v) is 3.35. The van der Waals surface area contributed by atoms with Gasteiger partial charge < -0.3 is 9.64 Å². The van der Waals surface area contributed by atoms with Crippen LogP contribution in [0, 0.1) is 19.7 Å². The van der Waals surface area contributed by atoms with Crippen molar-refractivity contribution in [2.24, 2.45) is 0 Å². The maximum atomic E-state index is 13.6. The summed E-state index contributed by atoms with van der Waals surface area (Å²) < 4.78 is 18.7. The first kappa shape index (κ1) is 22.2. The fourth-order valence-electron chi connectivity index (χ4n) is 3.35. The number of hydrogen-bond acceptors (Lipinski definition) is 3. The first-order valence-electron chi connectivity index (χ1n) is 10.2. The molecular weight excluding hydrogens is 393 g/mol. The molecule has 0 spiro atoms. The SMILES string of the molecule is CC(=O)OC(C(=O)N(CCc1ccc(F)cc1)c1ccc(C)c(C)c1)c1ccccc1. The Morgan fingerprint density at radius 3 is 2.23 bits per heavy atom. The number of ether oxygens (including phenoxy) is 1. The first-order valence-corrected chi connectivity index (χ1v) is 10.2. The second-order valence-corrected chi connectivity index (χ2v) is 7.54. The number of anilines is 1. The van der Waals surface area contributed by atoms with Gasteiger partial charge in [0.25, 0.3) is 5.91 Å². The molecule has 3 aromatic rings. The Morgan fingerprint density at radius 1 is 0.935 bits per heavy atom. The highest BCUT2D eigenvalue weighted by atomic mass is 19.1. The lowest BCUT2D eigenvalue weighted by Crippen LogP contribution is -2.38. The van der Waals surface area contributed by atoms with E-state index in [2.05, 4.69) is 0 Å². The molecule has 0 saturated heterocycles. The molecule has 0 aromatic heterocycles. The van der Waals surface area contributed by atoms with Crippen LogP contribution in [0.25, 0.3) is 0 Å². The number of aryl methyl sites for hydroxylation is 2. The number of benzene rings is 3. The summed E-state index contributed by atoms with van der Waals surface area (Å²) in [6.07, 6.45) is -0.519. The molecule has 0 heterocycles. The van der Waals surface area contributed by atoms with Gasteiger partial charge in [0.1, 0.15) is 5.82 Å². The molecule has 0 fully saturated rings. The van der Waals surface area contributed by atoms with Crippen molar-refractivity contribution >= 4 is 17.6 Å². The highest BCUT2D eigenvalue weighted by Crippen LogP contribution is 2.26. The van der Waals surface area contributed by atoms with E-state index < -0.39 is 12.1 Å². The van der Waals surface area contributed by atoms with E-state index in [0.717, 1.165) is 22.4 Å². The van der Waals surface area contributed by atoms with E-state index in [1.807, 2.05) is 38.1 Å². The van der Waals surface area contributed by atoms with E-state index in [1.54, 1.807) is 41.3 Å². The van der Waals surface area contributed by atoms with Crippen molar-refractivity contribution < 1.29 is 18.7 Å². The molecule has 0 radical (unpaired) electrons. The van der Waals surface area contributed by atoms with Gasteiger partial charge in [0.05, 0.1) is 0 Å². The Morgan fingerprint density at radius 2 is 1.61 bits per heavy atom. The van der Waals surface area contributed by atoms with Crippen LogP contribution in [-0.4, -0.2) is 18.4 Å². The van der Waals surface area contributed by atoms with Crippen LogP contribution in [-0.2, 0) is 20.7 Å². The second-order valence-electron chi connectivity index (χ2n) is 7.54. The minimum Gasteiger partial charge on any atom is -0.447 e. The van der Waals surface area contributed by atoms with Crippen LogP contribution in [0.2, 0.25) is 0 Å². The van der Waals surface area contributed by atoms with Crippen LogP contribution in [0.5, 0.6) is 0 Å². The standard InChI is InChI=1S/C26H26FNO3/c1-18-9-14-24(17-19(18)2)28(16-15-21-10-12-23(27)13-11-21)26(30)25(31-20(3)29)22-7-5-4-6-8-22/h4-14,17,25H,15-16H2,1-3H3. The van der Waals surface area contributed by atoms with Gasteiger partial charge in [-0.3, -0.25) is 9.59 Å². The van der Waals surface area contributed by atoms with Crippen LogP contribution in [0.15, 0.2) is 72.8 Å². The van der Waals surface area contributed by atoms with E-state index >= 15 is 0 Å². The van der Waals surface area contributed by atoms with Gasteiger partial charge in [0.2, 0.25) is 6.10 Å². The lowest BCUT2D eigenvalue weighted by molar-refractivity contribution is -0.153. The predicted octanol–water partition coefficient (Wildman–Crippen LogP) is 5.32. The highest BCUT2D eigenvalue weighted by Gasteiger charge is 2.29. The maximum absolute atomic E-state index is 13.6. The van der Waals surface area contributed by atoms with Gasteiger partial charge >= 0.3 is 5.97 Å². The van der Waals surface area contributed by atoms with Crippen molar-refractivity contribution in [3.63, 3.8) is 0 Å². The van der Waals surface area contributed by atoms with E-state index in [4.69, 9.17) is 4.74 Å². The quantitative estimate of drug-likeness (QED) is 0.487. The molecule has 5 heteroatoms. The number of halogens is 1. The summed E-state index contributed by atoms with van der Waals surface area (Å²) in [4.78, 5) is 27.0. The molecule has 0 aliphatic carbocycles. The van der Waals surface area contributed by atoms with Crippen molar-refractivity contribution in [2.45, 2.75) is 33.3 Å². The largest absolute Gasteiger partial charge is 0.447 e. The average molecular weight is 419 g/mol. The van der Waals surface area contributed by atoms with Crippen LogP contribution in [0.3, 0.4) is 0 Å². The Bertz CT molecular complexity index is 1050. The van der Waals surface area contributed by atoms with Crippen LogP contribution >= 0.6 is 0 Å². The van der Waals surface area contributed by atoms with Gasteiger partial charge in [-0.1, -0.05) is 48.5 Å². The number of carbonyl (C=O) groups excluding carboxylic acids is 2. The van der Waals surface area contributed by atoms with E-state index in [9.17, 15) is 14.0 Å². The minimum absolute atomic E-state index is 0.301. The molecule has 1 atom stereocenters. The summed E-state index contributed by atoms with van der Waals surface area (Å²) in [5, 5.41) is 0.